The van der Waals surface area contributed by atoms with Crippen LogP contribution in [0.3, 0.4) is 0 Å². The van der Waals surface area contributed by atoms with E-state index in [1.165, 1.54) is 6.07 Å². The van der Waals surface area contributed by atoms with Crippen molar-refractivity contribution in [2.45, 2.75) is 25.4 Å². The Kier molecular flexibility index (Phi) is 3.78. The summed E-state index contributed by atoms with van der Waals surface area (Å²) in [4.78, 5) is 12.8. The van der Waals surface area contributed by atoms with Gasteiger partial charge in [-0.15, -0.1) is 0 Å². The van der Waals surface area contributed by atoms with Crippen molar-refractivity contribution in [3.05, 3.63) is 35.8 Å². The molecule has 0 spiro atoms. The number of carbonyl (C=O) groups excluding carboxylic acids is 1. The first-order valence-corrected chi connectivity index (χ1v) is 7.11. The predicted octanol–water partition coefficient (Wildman–Crippen LogP) is 3.34. The third kappa shape index (κ3) is 2.47. The van der Waals surface area contributed by atoms with Gasteiger partial charge in [-0.05, 0) is 19.1 Å². The van der Waals surface area contributed by atoms with E-state index in [-0.39, 0.29) is 17.1 Å². The van der Waals surface area contributed by atoms with Crippen molar-refractivity contribution >= 4 is 16.8 Å². The molecule has 4 nitrogen and oxygen atoms in total. The van der Waals surface area contributed by atoms with Crippen LogP contribution >= 0.6 is 0 Å². The zero-order valence-electron chi connectivity index (χ0n) is 11.9. The molecule has 1 aromatic carbocycles. The fourth-order valence-corrected chi connectivity index (χ4v) is 2.78. The van der Waals surface area contributed by atoms with Gasteiger partial charge < -0.3 is 13.9 Å². The Labute approximate surface area is 121 Å². The van der Waals surface area contributed by atoms with Crippen molar-refractivity contribution in [3.8, 4) is 0 Å². The van der Waals surface area contributed by atoms with Gasteiger partial charge in [0.05, 0.1) is 0 Å². The van der Waals surface area contributed by atoms with E-state index in [1.807, 2.05) is 6.92 Å². The van der Waals surface area contributed by atoms with Gasteiger partial charge in [0.15, 0.2) is 17.2 Å². The van der Waals surface area contributed by atoms with Crippen LogP contribution in [-0.4, -0.2) is 31.2 Å². The van der Waals surface area contributed by atoms with E-state index >= 15 is 0 Å². The zero-order chi connectivity index (χ0) is 14.9. The van der Waals surface area contributed by atoms with Crippen molar-refractivity contribution in [1.29, 1.82) is 0 Å². The van der Waals surface area contributed by atoms with E-state index < -0.39 is 11.4 Å². The lowest BCUT2D eigenvalue weighted by Crippen LogP contribution is -2.46. The highest BCUT2D eigenvalue weighted by molar-refractivity contribution is 6.03. The van der Waals surface area contributed by atoms with Gasteiger partial charge in [0.25, 0.3) is 0 Å². The Morgan fingerprint density at radius 2 is 2.14 bits per heavy atom. The molecule has 2 heterocycles. The maximum absolute atomic E-state index is 13.7. The molecule has 1 aromatic heterocycles. The van der Waals surface area contributed by atoms with Gasteiger partial charge in [0.2, 0.25) is 5.78 Å². The van der Waals surface area contributed by atoms with Crippen LogP contribution in [0.15, 0.2) is 28.7 Å². The second-order valence-electron chi connectivity index (χ2n) is 5.14. The second-order valence-corrected chi connectivity index (χ2v) is 5.14. The number of carbonyl (C=O) groups is 1. The largest absolute Gasteiger partial charge is 0.450 e. The van der Waals surface area contributed by atoms with Gasteiger partial charge >= 0.3 is 0 Å². The average Bonchev–Trinajstić information content (AvgIpc) is 2.93. The van der Waals surface area contributed by atoms with E-state index in [0.717, 1.165) is 0 Å². The van der Waals surface area contributed by atoms with Crippen molar-refractivity contribution in [1.82, 2.24) is 0 Å². The summed E-state index contributed by atoms with van der Waals surface area (Å²) in [5.41, 5.74) is -0.809. The molecule has 0 N–H and O–H groups in total. The number of fused-ring (bicyclic) bond motifs is 1. The number of benzene rings is 1. The molecular formula is C16H17FO4. The first kappa shape index (κ1) is 14.2. The smallest absolute Gasteiger partial charge is 0.229 e. The first-order valence-electron chi connectivity index (χ1n) is 7.11. The third-order valence-corrected chi connectivity index (χ3v) is 3.85. The molecule has 1 saturated heterocycles. The highest BCUT2D eigenvalue weighted by Gasteiger charge is 2.43. The molecular weight excluding hydrogens is 275 g/mol. The highest BCUT2D eigenvalue weighted by atomic mass is 19.1. The molecule has 1 fully saturated rings. The average molecular weight is 292 g/mol. The molecule has 0 unspecified atom stereocenters. The zero-order valence-corrected chi connectivity index (χ0v) is 11.9. The lowest BCUT2D eigenvalue weighted by atomic mass is 9.88. The van der Waals surface area contributed by atoms with Gasteiger partial charge in [-0.3, -0.25) is 4.79 Å². The van der Waals surface area contributed by atoms with E-state index in [2.05, 4.69) is 0 Å². The molecule has 0 aliphatic carbocycles. The van der Waals surface area contributed by atoms with E-state index in [9.17, 15) is 9.18 Å². The van der Waals surface area contributed by atoms with Crippen LogP contribution in [0, 0.1) is 5.82 Å². The summed E-state index contributed by atoms with van der Waals surface area (Å²) in [6.45, 7) is 3.23. The Morgan fingerprint density at radius 1 is 1.38 bits per heavy atom. The molecule has 1 aliphatic rings. The fourth-order valence-electron chi connectivity index (χ4n) is 2.78. The predicted molar refractivity (Wildman–Crippen MR) is 74.9 cm³/mol. The van der Waals surface area contributed by atoms with Crippen LogP contribution in [0.4, 0.5) is 4.39 Å². The Morgan fingerprint density at radius 3 is 2.81 bits per heavy atom. The monoisotopic (exact) mass is 292 g/mol. The third-order valence-electron chi connectivity index (χ3n) is 3.85. The summed E-state index contributed by atoms with van der Waals surface area (Å²) in [7, 11) is 0. The molecule has 21 heavy (non-hydrogen) atoms. The molecule has 0 atom stereocenters. The normalized spacial score (nSPS) is 18.0. The minimum Gasteiger partial charge on any atom is -0.450 e. The molecule has 3 rings (SSSR count). The van der Waals surface area contributed by atoms with Crippen molar-refractivity contribution in [3.63, 3.8) is 0 Å². The van der Waals surface area contributed by atoms with Gasteiger partial charge in [-0.2, -0.15) is 0 Å². The van der Waals surface area contributed by atoms with Crippen molar-refractivity contribution in [2.24, 2.45) is 0 Å². The van der Waals surface area contributed by atoms with E-state index in [4.69, 9.17) is 13.9 Å². The summed E-state index contributed by atoms with van der Waals surface area (Å²) in [6, 6.07) is 6.20. The van der Waals surface area contributed by atoms with Crippen LogP contribution in [0.5, 0.6) is 0 Å². The molecule has 0 bridgehead atoms. The number of hydrogen-bond acceptors (Lipinski definition) is 4. The SMILES string of the molecule is CCOC1(C(=O)c2cc3cccc(F)c3o2)CCOCC1. The molecule has 0 amide bonds. The highest BCUT2D eigenvalue weighted by Crippen LogP contribution is 2.32. The van der Waals surface area contributed by atoms with Gasteiger partial charge in [-0.25, -0.2) is 4.39 Å². The fraction of sp³-hybridized carbons (Fsp3) is 0.438. The molecule has 112 valence electrons. The van der Waals surface area contributed by atoms with E-state index in [1.54, 1.807) is 18.2 Å². The van der Waals surface area contributed by atoms with Crippen LogP contribution < -0.4 is 0 Å². The van der Waals surface area contributed by atoms with Gasteiger partial charge in [0.1, 0.15) is 5.60 Å². The Hall–Kier alpha value is -1.72. The molecule has 0 saturated carbocycles. The molecule has 0 radical (unpaired) electrons. The van der Waals surface area contributed by atoms with E-state index in [0.29, 0.717) is 38.0 Å². The van der Waals surface area contributed by atoms with Crippen LogP contribution in [0.25, 0.3) is 11.0 Å². The number of halogens is 1. The topological polar surface area (TPSA) is 48.7 Å². The minimum atomic E-state index is -0.919. The molecule has 2 aromatic rings. The molecule has 5 heteroatoms. The number of ketones is 1. The number of ether oxygens (including phenoxy) is 2. The Bertz CT molecular complexity index is 650. The summed E-state index contributed by atoms with van der Waals surface area (Å²) in [6.07, 6.45) is 0.971. The number of hydrogen-bond donors (Lipinski definition) is 0. The number of para-hydroxylation sites is 1. The Balaban J connectivity index is 1.99. The maximum atomic E-state index is 13.7. The van der Waals surface area contributed by atoms with Gasteiger partial charge in [-0.1, -0.05) is 12.1 Å². The minimum absolute atomic E-state index is 0.111. The van der Waals surface area contributed by atoms with Crippen LogP contribution in [0.1, 0.15) is 30.3 Å². The summed E-state index contributed by atoms with van der Waals surface area (Å²) in [5.74, 6) is -0.558. The lowest BCUT2D eigenvalue weighted by molar-refractivity contribution is -0.0831. The standard InChI is InChI=1S/C16H17FO4/c1-2-20-16(6-8-19-9-7-16)15(18)13-10-11-4-3-5-12(17)14(11)21-13/h3-5,10H,2,6-9H2,1H3. The summed E-state index contributed by atoms with van der Waals surface area (Å²) >= 11 is 0. The van der Waals surface area contributed by atoms with Crippen molar-refractivity contribution < 1.29 is 23.1 Å². The van der Waals surface area contributed by atoms with Crippen molar-refractivity contribution in [2.75, 3.05) is 19.8 Å². The second kappa shape index (κ2) is 5.58. The summed E-state index contributed by atoms with van der Waals surface area (Å²) in [5, 5.41) is 0.581. The van der Waals surface area contributed by atoms with Gasteiger partial charge in [0, 0.05) is 38.0 Å². The molecule has 1 aliphatic heterocycles. The van der Waals surface area contributed by atoms with Crippen LogP contribution in [-0.2, 0) is 9.47 Å². The van der Waals surface area contributed by atoms with Crippen LogP contribution in [0.2, 0.25) is 0 Å². The maximum Gasteiger partial charge on any atom is 0.229 e. The summed E-state index contributed by atoms with van der Waals surface area (Å²) < 4.78 is 30.2. The quantitative estimate of drug-likeness (QED) is 0.811. The first-order chi connectivity index (χ1) is 10.2. The number of rotatable bonds is 4. The number of furan rings is 1. The lowest BCUT2D eigenvalue weighted by Gasteiger charge is -2.34. The number of Topliss-reactive ketones (excluding diaryl/α,β-unsaturated/α-hetero) is 1.